The summed E-state index contributed by atoms with van der Waals surface area (Å²) in [5.74, 6) is 0.743. The first-order valence-corrected chi connectivity index (χ1v) is 3.23. The van der Waals surface area contributed by atoms with Crippen molar-refractivity contribution >= 4 is 23.2 Å². The summed E-state index contributed by atoms with van der Waals surface area (Å²) >= 11 is 4.45. The average molecular weight is 153 g/mol. The van der Waals surface area contributed by atoms with E-state index in [0.717, 1.165) is 11.5 Å². The third kappa shape index (κ3) is 1.29. The van der Waals surface area contributed by atoms with Gasteiger partial charge in [-0.25, -0.2) is 0 Å². The highest BCUT2D eigenvalue weighted by Gasteiger charge is 1.96. The van der Waals surface area contributed by atoms with Gasteiger partial charge in [-0.2, -0.15) is 10.1 Å². The van der Waals surface area contributed by atoms with Gasteiger partial charge in [0.05, 0.1) is 10.9 Å². The zero-order valence-electron chi connectivity index (χ0n) is 5.83. The van der Waals surface area contributed by atoms with Crippen LogP contribution in [0.3, 0.4) is 0 Å². The van der Waals surface area contributed by atoms with Crippen molar-refractivity contribution in [3.8, 4) is 0 Å². The number of aromatic nitrogens is 2. The maximum absolute atomic E-state index is 4.45. The number of hydrogen-bond donors (Lipinski definition) is 0. The lowest BCUT2D eigenvalue weighted by Gasteiger charge is -1.87. The minimum Gasteiger partial charge on any atom is -0.250 e. The third-order valence-corrected chi connectivity index (χ3v) is 1.23. The Hall–Kier alpha value is -0.990. The smallest absolute Gasteiger partial charge is 0.161 e. The molecular weight excluding hydrogens is 146 g/mol. The molecule has 0 spiro atoms. The van der Waals surface area contributed by atoms with Gasteiger partial charge in [-0.15, -0.1) is 0 Å². The number of rotatable bonds is 1. The zero-order chi connectivity index (χ0) is 7.56. The van der Waals surface area contributed by atoms with E-state index in [-0.39, 0.29) is 0 Å². The Morgan fingerprint density at radius 3 is 2.90 bits per heavy atom. The van der Waals surface area contributed by atoms with Crippen molar-refractivity contribution in [2.24, 2.45) is 12.0 Å². The molecule has 10 heavy (non-hydrogen) atoms. The number of aryl methyl sites for hydroxylation is 2. The van der Waals surface area contributed by atoms with Gasteiger partial charge in [0.15, 0.2) is 5.82 Å². The topological polar surface area (TPSA) is 30.2 Å². The quantitative estimate of drug-likeness (QED) is 0.451. The number of thiocarbonyl (C=S) groups is 1. The number of aliphatic imine (C=N–C) groups is 1. The standard InChI is InChI=1S/C6H7N3S/c1-5-3-6(7-4-10)9(2)8-5/h3H,1-2H3. The molecule has 0 saturated carbocycles. The van der Waals surface area contributed by atoms with Gasteiger partial charge in [0.1, 0.15) is 0 Å². The second-order valence-electron chi connectivity index (χ2n) is 1.97. The molecule has 0 atom stereocenters. The monoisotopic (exact) mass is 153 g/mol. The molecule has 0 aliphatic rings. The summed E-state index contributed by atoms with van der Waals surface area (Å²) in [5.41, 5.74) is 0.937. The van der Waals surface area contributed by atoms with Crippen molar-refractivity contribution in [3.63, 3.8) is 0 Å². The van der Waals surface area contributed by atoms with E-state index >= 15 is 0 Å². The van der Waals surface area contributed by atoms with Gasteiger partial charge in [-0.05, 0) is 19.1 Å². The minimum atomic E-state index is 0.743. The fourth-order valence-electron chi connectivity index (χ4n) is 0.748. The first kappa shape index (κ1) is 7.12. The minimum absolute atomic E-state index is 0.743. The summed E-state index contributed by atoms with van der Waals surface area (Å²) in [5, 5.41) is 6.35. The molecule has 0 fully saturated rings. The summed E-state index contributed by atoms with van der Waals surface area (Å²) in [7, 11) is 1.82. The lowest BCUT2D eigenvalue weighted by Crippen LogP contribution is -1.88. The highest BCUT2D eigenvalue weighted by Crippen LogP contribution is 2.10. The third-order valence-electron chi connectivity index (χ3n) is 1.14. The van der Waals surface area contributed by atoms with Crippen LogP contribution in [0.25, 0.3) is 0 Å². The van der Waals surface area contributed by atoms with Gasteiger partial charge in [0.2, 0.25) is 0 Å². The van der Waals surface area contributed by atoms with Gasteiger partial charge in [-0.3, -0.25) is 4.68 Å². The van der Waals surface area contributed by atoms with Crippen LogP contribution in [0.1, 0.15) is 5.69 Å². The molecule has 1 aromatic heterocycles. The van der Waals surface area contributed by atoms with E-state index in [1.54, 1.807) is 4.68 Å². The Balaban J connectivity index is 3.14. The molecule has 4 heteroatoms. The fourth-order valence-corrected chi connectivity index (χ4v) is 0.842. The van der Waals surface area contributed by atoms with Crippen molar-refractivity contribution in [1.29, 1.82) is 0 Å². The number of isothiocyanates is 1. The van der Waals surface area contributed by atoms with Crippen LogP contribution >= 0.6 is 12.2 Å². The van der Waals surface area contributed by atoms with Crippen molar-refractivity contribution in [3.05, 3.63) is 11.8 Å². The fraction of sp³-hybridized carbons (Fsp3) is 0.333. The van der Waals surface area contributed by atoms with Crippen LogP contribution in [0.5, 0.6) is 0 Å². The van der Waals surface area contributed by atoms with Crippen molar-refractivity contribution in [1.82, 2.24) is 9.78 Å². The molecule has 1 rings (SSSR count). The van der Waals surface area contributed by atoms with E-state index in [2.05, 4.69) is 27.5 Å². The van der Waals surface area contributed by atoms with E-state index < -0.39 is 0 Å². The van der Waals surface area contributed by atoms with Crippen LogP contribution in [-0.4, -0.2) is 14.9 Å². The summed E-state index contributed by atoms with van der Waals surface area (Å²) in [6.07, 6.45) is 0. The van der Waals surface area contributed by atoms with Gasteiger partial charge in [0, 0.05) is 13.1 Å². The van der Waals surface area contributed by atoms with Crippen LogP contribution in [-0.2, 0) is 7.05 Å². The molecule has 0 bridgehead atoms. The molecule has 0 N–H and O–H groups in total. The van der Waals surface area contributed by atoms with Crippen molar-refractivity contribution in [2.75, 3.05) is 0 Å². The van der Waals surface area contributed by atoms with Gasteiger partial charge >= 0.3 is 0 Å². The molecule has 0 aromatic carbocycles. The van der Waals surface area contributed by atoms with Gasteiger partial charge < -0.3 is 0 Å². The van der Waals surface area contributed by atoms with E-state index in [1.165, 1.54) is 0 Å². The second-order valence-corrected chi connectivity index (χ2v) is 2.15. The van der Waals surface area contributed by atoms with Crippen molar-refractivity contribution in [2.45, 2.75) is 6.92 Å². The SMILES string of the molecule is Cc1cc(N=C=S)n(C)n1. The van der Waals surface area contributed by atoms with E-state index in [0.29, 0.717) is 0 Å². The second kappa shape index (κ2) is 2.73. The highest BCUT2D eigenvalue weighted by atomic mass is 32.1. The normalized spacial score (nSPS) is 9.00. The molecule has 0 saturated heterocycles. The Bertz CT molecular complexity index is 283. The lowest BCUT2D eigenvalue weighted by atomic mass is 10.5. The molecule has 1 heterocycles. The largest absolute Gasteiger partial charge is 0.250 e. The Morgan fingerprint density at radius 2 is 2.50 bits per heavy atom. The molecule has 52 valence electrons. The molecule has 1 aromatic rings. The van der Waals surface area contributed by atoms with Crippen LogP contribution < -0.4 is 0 Å². The summed E-state index contributed by atoms with van der Waals surface area (Å²) in [6.45, 7) is 1.91. The van der Waals surface area contributed by atoms with Gasteiger partial charge in [0.25, 0.3) is 0 Å². The average Bonchev–Trinajstić information content (AvgIpc) is 2.13. The Kier molecular flexibility index (Phi) is 1.94. The molecular formula is C6H7N3S. The summed E-state index contributed by atoms with van der Waals surface area (Å²) in [6, 6.07) is 1.85. The summed E-state index contributed by atoms with van der Waals surface area (Å²) in [4.78, 5) is 3.79. The first-order chi connectivity index (χ1) is 4.74. The van der Waals surface area contributed by atoms with E-state index in [1.807, 2.05) is 20.0 Å². The molecule has 3 nitrogen and oxygen atoms in total. The molecule has 0 unspecified atom stereocenters. The molecule has 0 radical (unpaired) electrons. The molecule has 0 aliphatic heterocycles. The van der Waals surface area contributed by atoms with E-state index in [4.69, 9.17) is 0 Å². The van der Waals surface area contributed by atoms with E-state index in [9.17, 15) is 0 Å². The number of nitrogens with zero attached hydrogens (tertiary/aromatic N) is 3. The van der Waals surface area contributed by atoms with Crippen LogP contribution in [0.4, 0.5) is 5.82 Å². The van der Waals surface area contributed by atoms with Crippen LogP contribution in [0.15, 0.2) is 11.1 Å². The van der Waals surface area contributed by atoms with Crippen molar-refractivity contribution < 1.29 is 0 Å². The maximum Gasteiger partial charge on any atom is 0.161 e. The maximum atomic E-state index is 4.45. The van der Waals surface area contributed by atoms with Crippen LogP contribution in [0, 0.1) is 6.92 Å². The molecule has 0 aliphatic carbocycles. The zero-order valence-corrected chi connectivity index (χ0v) is 6.64. The highest BCUT2D eigenvalue weighted by molar-refractivity contribution is 7.78. The Labute approximate surface area is 64.4 Å². The Morgan fingerprint density at radius 1 is 1.80 bits per heavy atom. The molecule has 0 amide bonds. The number of hydrogen-bond acceptors (Lipinski definition) is 3. The van der Waals surface area contributed by atoms with Crippen LogP contribution in [0.2, 0.25) is 0 Å². The van der Waals surface area contributed by atoms with Gasteiger partial charge in [-0.1, -0.05) is 0 Å². The predicted molar refractivity (Wildman–Crippen MR) is 42.6 cm³/mol. The summed E-state index contributed by atoms with van der Waals surface area (Å²) < 4.78 is 1.66. The first-order valence-electron chi connectivity index (χ1n) is 2.82. The predicted octanol–water partition coefficient (Wildman–Crippen LogP) is 1.46. The lowest BCUT2D eigenvalue weighted by molar-refractivity contribution is 0.760.